The van der Waals surface area contributed by atoms with Crippen LogP contribution in [0, 0.1) is 11.6 Å². The fourth-order valence-electron chi connectivity index (χ4n) is 1.97. The van der Waals surface area contributed by atoms with Gasteiger partial charge in [-0.2, -0.15) is 0 Å². The molecule has 0 aliphatic heterocycles. The summed E-state index contributed by atoms with van der Waals surface area (Å²) in [5.41, 5.74) is 3.54. The Kier molecular flexibility index (Phi) is 5.10. The van der Waals surface area contributed by atoms with Crippen molar-refractivity contribution in [3.05, 3.63) is 68.7 Å². The maximum absolute atomic E-state index is 13.7. The molecule has 6 heteroatoms. The second-order valence-electron chi connectivity index (χ2n) is 4.30. The summed E-state index contributed by atoms with van der Waals surface area (Å²) in [5, 5.41) is 0.507. The summed E-state index contributed by atoms with van der Waals surface area (Å²) in [5.74, 6) is 3.78. The quantitative estimate of drug-likeness (QED) is 0.635. The molecule has 0 radical (unpaired) electrons. The first-order chi connectivity index (χ1) is 9.52. The van der Waals surface area contributed by atoms with E-state index in [0.29, 0.717) is 10.6 Å². The summed E-state index contributed by atoms with van der Waals surface area (Å²) in [6, 6.07) is 8.95. The molecule has 0 aliphatic rings. The van der Waals surface area contributed by atoms with Gasteiger partial charge >= 0.3 is 0 Å². The predicted molar refractivity (Wildman–Crippen MR) is 79.3 cm³/mol. The maximum Gasteiger partial charge on any atom is 0.162 e. The lowest BCUT2D eigenvalue weighted by Crippen LogP contribution is -2.30. The molecule has 0 fully saturated rings. The highest BCUT2D eigenvalue weighted by Crippen LogP contribution is 2.29. The van der Waals surface area contributed by atoms with Crippen molar-refractivity contribution in [2.45, 2.75) is 12.5 Å². The first-order valence-electron chi connectivity index (χ1n) is 5.87. The van der Waals surface area contributed by atoms with Crippen LogP contribution in [0.5, 0.6) is 0 Å². The lowest BCUT2D eigenvalue weighted by atomic mass is 9.99. The van der Waals surface area contributed by atoms with Crippen LogP contribution in [0.4, 0.5) is 8.78 Å². The minimum absolute atomic E-state index is 0.191. The minimum Gasteiger partial charge on any atom is -0.271 e. The van der Waals surface area contributed by atoms with Gasteiger partial charge in [-0.25, -0.2) is 8.78 Å². The number of halogens is 4. The van der Waals surface area contributed by atoms with E-state index in [1.807, 2.05) is 0 Å². The maximum atomic E-state index is 13.7. The van der Waals surface area contributed by atoms with Crippen LogP contribution in [-0.4, -0.2) is 0 Å². The van der Waals surface area contributed by atoms with Gasteiger partial charge in [0.05, 0.1) is 6.04 Å². The third-order valence-corrected chi connectivity index (χ3v) is 3.83. The summed E-state index contributed by atoms with van der Waals surface area (Å²) in [6.07, 6.45) is 0.191. The largest absolute Gasteiger partial charge is 0.271 e. The van der Waals surface area contributed by atoms with Gasteiger partial charge in [0.2, 0.25) is 0 Å². The van der Waals surface area contributed by atoms with Gasteiger partial charge in [0.15, 0.2) is 11.6 Å². The highest BCUT2D eigenvalue weighted by Gasteiger charge is 2.17. The zero-order valence-electron chi connectivity index (χ0n) is 10.3. The summed E-state index contributed by atoms with van der Waals surface area (Å²) < 4.78 is 27.8. The van der Waals surface area contributed by atoms with E-state index in [4.69, 9.17) is 17.4 Å². The van der Waals surface area contributed by atoms with Crippen LogP contribution < -0.4 is 11.3 Å². The first kappa shape index (κ1) is 15.4. The summed E-state index contributed by atoms with van der Waals surface area (Å²) in [4.78, 5) is 0. The second-order valence-corrected chi connectivity index (χ2v) is 5.63. The molecule has 2 aromatic carbocycles. The topological polar surface area (TPSA) is 38.0 Å². The van der Waals surface area contributed by atoms with Crippen molar-refractivity contribution in [2.75, 3.05) is 0 Å². The van der Waals surface area contributed by atoms with Gasteiger partial charge in [0.25, 0.3) is 0 Å². The highest BCUT2D eigenvalue weighted by atomic mass is 79.9. The van der Waals surface area contributed by atoms with Crippen LogP contribution in [0.25, 0.3) is 0 Å². The van der Waals surface area contributed by atoms with E-state index >= 15 is 0 Å². The number of nitrogens with two attached hydrogens (primary N) is 1. The Morgan fingerprint density at radius 1 is 1.25 bits per heavy atom. The molecule has 0 saturated heterocycles. The van der Waals surface area contributed by atoms with Gasteiger partial charge in [-0.15, -0.1) is 0 Å². The normalized spacial score (nSPS) is 12.4. The molecular weight excluding hydrogens is 350 g/mol. The van der Waals surface area contributed by atoms with Crippen LogP contribution in [0.2, 0.25) is 5.02 Å². The molecule has 20 heavy (non-hydrogen) atoms. The molecule has 0 saturated carbocycles. The predicted octanol–water partition coefficient (Wildman–Crippen LogP) is 4.13. The Labute approximate surface area is 129 Å². The SMILES string of the molecule is NNC(Cc1cccc(F)c1F)c1cc(Br)ccc1Cl. The Balaban J connectivity index is 2.34. The standard InChI is InChI=1S/C14H12BrClF2N2/c15-9-4-5-11(16)10(7-9)13(20-19)6-8-2-1-3-12(17)14(8)18/h1-5,7,13,20H,6,19H2. The Bertz CT molecular complexity index is 622. The molecule has 0 bridgehead atoms. The fourth-order valence-corrected chi connectivity index (χ4v) is 2.59. The van der Waals surface area contributed by atoms with Crippen LogP contribution in [0.3, 0.4) is 0 Å². The summed E-state index contributed by atoms with van der Waals surface area (Å²) >= 11 is 9.47. The smallest absolute Gasteiger partial charge is 0.162 e. The zero-order valence-corrected chi connectivity index (χ0v) is 12.7. The van der Waals surface area contributed by atoms with Gasteiger partial charge in [0, 0.05) is 9.50 Å². The van der Waals surface area contributed by atoms with Crippen molar-refractivity contribution in [3.8, 4) is 0 Å². The van der Waals surface area contributed by atoms with Crippen molar-refractivity contribution >= 4 is 27.5 Å². The van der Waals surface area contributed by atoms with Crippen molar-refractivity contribution in [1.29, 1.82) is 0 Å². The van der Waals surface area contributed by atoms with Crippen LogP contribution in [-0.2, 0) is 6.42 Å². The van der Waals surface area contributed by atoms with E-state index in [0.717, 1.165) is 10.5 Å². The van der Waals surface area contributed by atoms with Crippen LogP contribution >= 0.6 is 27.5 Å². The summed E-state index contributed by atoms with van der Waals surface area (Å²) in [7, 11) is 0. The second kappa shape index (κ2) is 6.63. The number of hydrogen-bond acceptors (Lipinski definition) is 2. The molecule has 0 aromatic heterocycles. The van der Waals surface area contributed by atoms with E-state index in [9.17, 15) is 8.78 Å². The van der Waals surface area contributed by atoms with Gasteiger partial charge in [-0.1, -0.05) is 39.7 Å². The third kappa shape index (κ3) is 3.35. The number of nitrogens with one attached hydrogen (secondary N) is 1. The van der Waals surface area contributed by atoms with Crippen molar-refractivity contribution in [3.63, 3.8) is 0 Å². The molecule has 0 amide bonds. The minimum atomic E-state index is -0.876. The van der Waals surface area contributed by atoms with Crippen molar-refractivity contribution in [2.24, 2.45) is 5.84 Å². The monoisotopic (exact) mass is 360 g/mol. The molecule has 1 atom stereocenters. The average molecular weight is 362 g/mol. The number of hydrazine groups is 1. The molecule has 3 N–H and O–H groups in total. The fraction of sp³-hybridized carbons (Fsp3) is 0.143. The summed E-state index contributed by atoms with van der Waals surface area (Å²) in [6.45, 7) is 0. The van der Waals surface area contributed by atoms with Gasteiger partial charge in [-0.05, 0) is 41.8 Å². The Hall–Kier alpha value is -1.01. The number of benzene rings is 2. The van der Waals surface area contributed by atoms with Gasteiger partial charge in [-0.3, -0.25) is 11.3 Å². The molecule has 106 valence electrons. The molecule has 2 rings (SSSR count). The molecule has 2 aromatic rings. The lowest BCUT2D eigenvalue weighted by Gasteiger charge is -2.18. The molecule has 0 heterocycles. The molecular formula is C14H12BrClF2N2. The van der Waals surface area contributed by atoms with E-state index in [1.54, 1.807) is 18.2 Å². The third-order valence-electron chi connectivity index (χ3n) is 2.99. The first-order valence-corrected chi connectivity index (χ1v) is 7.04. The molecule has 0 aliphatic carbocycles. The number of rotatable bonds is 4. The van der Waals surface area contributed by atoms with Crippen LogP contribution in [0.1, 0.15) is 17.2 Å². The zero-order chi connectivity index (χ0) is 14.7. The highest BCUT2D eigenvalue weighted by molar-refractivity contribution is 9.10. The average Bonchev–Trinajstić information content (AvgIpc) is 2.43. The lowest BCUT2D eigenvalue weighted by molar-refractivity contribution is 0.481. The molecule has 0 spiro atoms. The van der Waals surface area contributed by atoms with E-state index in [2.05, 4.69) is 21.4 Å². The molecule has 1 unspecified atom stereocenters. The van der Waals surface area contributed by atoms with E-state index < -0.39 is 17.7 Å². The molecule has 2 nitrogen and oxygen atoms in total. The van der Waals surface area contributed by atoms with Crippen LogP contribution in [0.15, 0.2) is 40.9 Å². The van der Waals surface area contributed by atoms with E-state index in [-0.39, 0.29) is 12.0 Å². The Morgan fingerprint density at radius 2 is 2.00 bits per heavy atom. The number of hydrogen-bond donors (Lipinski definition) is 2. The van der Waals surface area contributed by atoms with E-state index in [1.165, 1.54) is 12.1 Å². The van der Waals surface area contributed by atoms with Gasteiger partial charge < -0.3 is 0 Å². The van der Waals surface area contributed by atoms with Crippen molar-refractivity contribution in [1.82, 2.24) is 5.43 Å². The van der Waals surface area contributed by atoms with Gasteiger partial charge in [0.1, 0.15) is 0 Å². The van der Waals surface area contributed by atoms with Crippen molar-refractivity contribution < 1.29 is 8.78 Å². The Morgan fingerprint density at radius 3 is 2.70 bits per heavy atom.